The van der Waals surface area contributed by atoms with Gasteiger partial charge in [-0.2, -0.15) is 4.37 Å². The SMILES string of the molecule is Cc1nsc(C(=O)NC(Cc2ccccc2)C(=O)C(N)=O)c1-c1cccnc1. The molecule has 3 rings (SSSR count). The minimum Gasteiger partial charge on any atom is -0.363 e. The summed E-state index contributed by atoms with van der Waals surface area (Å²) in [5.74, 6) is -2.42. The zero-order valence-electron chi connectivity index (χ0n) is 15.1. The smallest absolute Gasteiger partial charge is 0.287 e. The summed E-state index contributed by atoms with van der Waals surface area (Å²) in [7, 11) is 0. The second-order valence-electron chi connectivity index (χ2n) is 6.16. The lowest BCUT2D eigenvalue weighted by molar-refractivity contribution is -0.137. The molecule has 0 fully saturated rings. The van der Waals surface area contributed by atoms with Crippen LogP contribution in [0.5, 0.6) is 0 Å². The van der Waals surface area contributed by atoms with Crippen molar-refractivity contribution in [3.8, 4) is 11.1 Å². The molecule has 1 unspecified atom stereocenters. The summed E-state index contributed by atoms with van der Waals surface area (Å²) in [6.07, 6.45) is 3.44. The predicted molar refractivity (Wildman–Crippen MR) is 106 cm³/mol. The first-order valence-corrected chi connectivity index (χ1v) is 9.29. The molecule has 2 amide bonds. The number of rotatable bonds is 7. The van der Waals surface area contributed by atoms with Crippen LogP contribution in [0, 0.1) is 6.92 Å². The van der Waals surface area contributed by atoms with Crippen molar-refractivity contribution in [3.05, 3.63) is 71.0 Å². The van der Waals surface area contributed by atoms with Gasteiger partial charge in [-0.05, 0) is 30.1 Å². The van der Waals surface area contributed by atoms with E-state index in [1.54, 1.807) is 25.4 Å². The standard InChI is InChI=1S/C20H18N4O3S/c1-12-16(14-8-5-9-22-11-14)18(28-24-12)20(27)23-15(17(25)19(21)26)10-13-6-3-2-4-7-13/h2-9,11,15H,10H2,1H3,(H2,21,26)(H,23,27). The van der Waals surface area contributed by atoms with E-state index in [0.717, 1.165) is 22.7 Å². The molecule has 3 aromatic rings. The molecule has 0 saturated heterocycles. The lowest BCUT2D eigenvalue weighted by Gasteiger charge is -2.16. The first-order valence-electron chi connectivity index (χ1n) is 8.52. The molecule has 1 atom stereocenters. The third-order valence-electron chi connectivity index (χ3n) is 4.17. The fraction of sp³-hybridized carbons (Fsp3) is 0.150. The van der Waals surface area contributed by atoms with Crippen LogP contribution in [0.2, 0.25) is 0 Å². The highest BCUT2D eigenvalue weighted by Gasteiger charge is 2.28. The third kappa shape index (κ3) is 4.29. The first-order chi connectivity index (χ1) is 13.5. The Morgan fingerprint density at radius 2 is 1.89 bits per heavy atom. The van der Waals surface area contributed by atoms with Gasteiger partial charge in [-0.3, -0.25) is 19.4 Å². The molecule has 0 spiro atoms. The average molecular weight is 394 g/mol. The quantitative estimate of drug-likeness (QED) is 0.594. The molecule has 1 aromatic carbocycles. The Hall–Kier alpha value is -3.39. The number of nitrogens with two attached hydrogens (primary N) is 1. The number of nitrogens with zero attached hydrogens (tertiary/aromatic N) is 2. The molecule has 8 heteroatoms. The van der Waals surface area contributed by atoms with Crippen molar-refractivity contribution in [2.24, 2.45) is 5.73 Å². The minimum atomic E-state index is -1.09. The van der Waals surface area contributed by atoms with Crippen LogP contribution in [0.25, 0.3) is 11.1 Å². The zero-order chi connectivity index (χ0) is 20.1. The van der Waals surface area contributed by atoms with Crippen LogP contribution in [0.4, 0.5) is 0 Å². The molecule has 3 N–H and O–H groups in total. The van der Waals surface area contributed by atoms with Crippen LogP contribution in [-0.2, 0) is 16.0 Å². The van der Waals surface area contributed by atoms with Crippen molar-refractivity contribution in [1.29, 1.82) is 0 Å². The highest BCUT2D eigenvalue weighted by molar-refractivity contribution is 7.08. The van der Waals surface area contributed by atoms with Gasteiger partial charge in [0.05, 0.1) is 5.69 Å². The molecule has 0 aliphatic carbocycles. The fourth-order valence-electron chi connectivity index (χ4n) is 2.83. The van der Waals surface area contributed by atoms with Crippen molar-refractivity contribution < 1.29 is 14.4 Å². The Labute approximate surface area is 165 Å². The van der Waals surface area contributed by atoms with E-state index in [0.29, 0.717) is 16.1 Å². The summed E-state index contributed by atoms with van der Waals surface area (Å²) < 4.78 is 4.26. The molecule has 0 radical (unpaired) electrons. The van der Waals surface area contributed by atoms with Gasteiger partial charge in [-0.1, -0.05) is 36.4 Å². The van der Waals surface area contributed by atoms with Gasteiger partial charge in [0.25, 0.3) is 11.8 Å². The summed E-state index contributed by atoms with van der Waals surface area (Å²) in [6, 6.07) is 11.6. The third-order valence-corrected chi connectivity index (χ3v) is 5.10. The topological polar surface area (TPSA) is 115 Å². The highest BCUT2D eigenvalue weighted by atomic mass is 32.1. The Balaban J connectivity index is 1.89. The predicted octanol–water partition coefficient (Wildman–Crippen LogP) is 1.91. The van der Waals surface area contributed by atoms with Gasteiger partial charge in [-0.25, -0.2) is 0 Å². The second kappa shape index (κ2) is 8.53. The number of carbonyl (C=O) groups is 3. The number of hydrogen-bond donors (Lipinski definition) is 2. The van der Waals surface area contributed by atoms with Crippen LogP contribution >= 0.6 is 11.5 Å². The van der Waals surface area contributed by atoms with Gasteiger partial charge >= 0.3 is 0 Å². The average Bonchev–Trinajstić information content (AvgIpc) is 3.09. The number of nitrogens with one attached hydrogen (secondary N) is 1. The fourth-order valence-corrected chi connectivity index (χ4v) is 3.65. The van der Waals surface area contributed by atoms with Gasteiger partial charge in [0.1, 0.15) is 10.9 Å². The molecule has 0 aliphatic rings. The highest BCUT2D eigenvalue weighted by Crippen LogP contribution is 2.29. The number of primary amides is 1. The van der Waals surface area contributed by atoms with Gasteiger partial charge in [0.2, 0.25) is 5.78 Å². The van der Waals surface area contributed by atoms with Gasteiger partial charge < -0.3 is 11.1 Å². The monoisotopic (exact) mass is 394 g/mol. The summed E-state index contributed by atoms with van der Waals surface area (Å²) in [5, 5.41) is 2.65. The van der Waals surface area contributed by atoms with E-state index in [2.05, 4.69) is 14.7 Å². The molecule has 142 valence electrons. The number of aromatic nitrogens is 2. The van der Waals surface area contributed by atoms with Crippen LogP contribution in [0.1, 0.15) is 20.9 Å². The number of carbonyl (C=O) groups excluding carboxylic acids is 3. The number of hydrogen-bond acceptors (Lipinski definition) is 6. The van der Waals surface area contributed by atoms with E-state index in [1.165, 1.54) is 0 Å². The number of Topliss-reactive ketones (excluding diaryl/α,β-unsaturated/α-hetero) is 1. The van der Waals surface area contributed by atoms with Crippen molar-refractivity contribution in [1.82, 2.24) is 14.7 Å². The summed E-state index contributed by atoms with van der Waals surface area (Å²) >= 11 is 1.03. The number of amides is 2. The van der Waals surface area contributed by atoms with E-state index in [1.807, 2.05) is 36.4 Å². The molecule has 7 nitrogen and oxygen atoms in total. The maximum absolute atomic E-state index is 12.9. The van der Waals surface area contributed by atoms with Crippen molar-refractivity contribution in [3.63, 3.8) is 0 Å². The molecule has 28 heavy (non-hydrogen) atoms. The van der Waals surface area contributed by atoms with E-state index < -0.39 is 23.6 Å². The largest absolute Gasteiger partial charge is 0.363 e. The lowest BCUT2D eigenvalue weighted by atomic mass is 10.0. The molecule has 0 bridgehead atoms. The van der Waals surface area contributed by atoms with E-state index in [9.17, 15) is 14.4 Å². The Bertz CT molecular complexity index is 1000. The van der Waals surface area contributed by atoms with Gasteiger partial charge in [0.15, 0.2) is 0 Å². The van der Waals surface area contributed by atoms with Crippen molar-refractivity contribution in [2.45, 2.75) is 19.4 Å². The molecule has 0 aliphatic heterocycles. The maximum Gasteiger partial charge on any atom is 0.287 e. The van der Waals surface area contributed by atoms with Crippen LogP contribution < -0.4 is 11.1 Å². The lowest BCUT2D eigenvalue weighted by Crippen LogP contribution is -2.47. The zero-order valence-corrected chi connectivity index (χ0v) is 15.9. The molecule has 0 saturated carbocycles. The van der Waals surface area contributed by atoms with Gasteiger partial charge in [-0.15, -0.1) is 0 Å². The number of benzene rings is 1. The normalized spacial score (nSPS) is 11.6. The van der Waals surface area contributed by atoms with E-state index in [4.69, 9.17) is 5.73 Å². The van der Waals surface area contributed by atoms with Gasteiger partial charge in [0, 0.05) is 29.9 Å². The Morgan fingerprint density at radius 3 is 2.54 bits per heavy atom. The second-order valence-corrected chi connectivity index (χ2v) is 6.93. The van der Waals surface area contributed by atoms with Crippen LogP contribution in [0.3, 0.4) is 0 Å². The van der Waals surface area contributed by atoms with E-state index >= 15 is 0 Å². The molecular weight excluding hydrogens is 376 g/mol. The van der Waals surface area contributed by atoms with Crippen LogP contribution in [-0.4, -0.2) is 33.0 Å². The molecule has 2 aromatic heterocycles. The molecular formula is C20H18N4O3S. The van der Waals surface area contributed by atoms with Crippen LogP contribution in [0.15, 0.2) is 54.9 Å². The summed E-state index contributed by atoms with van der Waals surface area (Å²) in [6.45, 7) is 1.80. The Kier molecular flexibility index (Phi) is 5.90. The first kappa shape index (κ1) is 19.4. The van der Waals surface area contributed by atoms with E-state index in [-0.39, 0.29) is 6.42 Å². The summed E-state index contributed by atoms with van der Waals surface area (Å²) in [5.41, 5.74) is 8.06. The Morgan fingerprint density at radius 1 is 1.14 bits per heavy atom. The van der Waals surface area contributed by atoms with Crippen molar-refractivity contribution >= 4 is 29.1 Å². The number of pyridine rings is 1. The molecule has 2 heterocycles. The van der Waals surface area contributed by atoms with Crippen molar-refractivity contribution in [2.75, 3.05) is 0 Å². The minimum absolute atomic E-state index is 0.161. The number of aryl methyl sites for hydroxylation is 1. The number of ketones is 1. The maximum atomic E-state index is 12.9. The summed E-state index contributed by atoms with van der Waals surface area (Å²) in [4.78, 5) is 41.1.